The third kappa shape index (κ3) is 2.93. The maximum Gasteiger partial charge on any atom is 0.326 e. The van der Waals surface area contributed by atoms with Gasteiger partial charge in [0.1, 0.15) is 6.04 Å². The Balaban J connectivity index is 2.40. The maximum atomic E-state index is 12.0. The van der Waals surface area contributed by atoms with Gasteiger partial charge < -0.3 is 5.11 Å². The van der Waals surface area contributed by atoms with Gasteiger partial charge in [-0.25, -0.2) is 4.79 Å². The number of rotatable bonds is 3. The van der Waals surface area contributed by atoms with E-state index < -0.39 is 12.0 Å². The zero-order chi connectivity index (χ0) is 14.0. The fourth-order valence-corrected chi connectivity index (χ4v) is 2.71. The quantitative estimate of drug-likeness (QED) is 0.932. The number of thioether (sulfide) groups is 1. The van der Waals surface area contributed by atoms with Gasteiger partial charge in [-0.15, -0.1) is 11.8 Å². The summed E-state index contributed by atoms with van der Waals surface area (Å²) < 4.78 is 0. The van der Waals surface area contributed by atoms with E-state index in [1.54, 1.807) is 24.3 Å². The molecule has 0 aliphatic carbocycles. The monoisotopic (exact) mass is 297 g/mol. The molecule has 0 bridgehead atoms. The highest BCUT2D eigenvalue weighted by Crippen LogP contribution is 2.30. The molecular weight excluding hydrogens is 286 g/mol. The van der Waals surface area contributed by atoms with Crippen molar-refractivity contribution >= 4 is 40.9 Å². The third-order valence-electron chi connectivity index (χ3n) is 2.81. The van der Waals surface area contributed by atoms with Crippen LogP contribution in [0, 0.1) is 0 Å². The number of amides is 1. The van der Waals surface area contributed by atoms with Gasteiger partial charge in [-0.05, 0) is 30.0 Å². The second-order valence-electron chi connectivity index (χ2n) is 4.10. The van der Waals surface area contributed by atoms with Gasteiger partial charge in [-0.1, -0.05) is 23.7 Å². The van der Waals surface area contributed by atoms with Gasteiger partial charge in [0, 0.05) is 5.02 Å². The average molecular weight is 298 g/mol. The largest absolute Gasteiger partial charge is 0.480 e. The van der Waals surface area contributed by atoms with E-state index in [0.29, 0.717) is 10.7 Å². The Morgan fingerprint density at radius 3 is 2.63 bits per heavy atom. The smallest absolute Gasteiger partial charge is 0.326 e. The molecule has 1 unspecified atom stereocenters. The molecule has 1 amide bonds. The van der Waals surface area contributed by atoms with Gasteiger partial charge in [0.25, 0.3) is 0 Å². The Morgan fingerprint density at radius 2 is 2.05 bits per heavy atom. The van der Waals surface area contributed by atoms with Gasteiger partial charge in [-0.3, -0.25) is 9.69 Å². The van der Waals surface area contributed by atoms with E-state index in [1.165, 1.54) is 23.6 Å². The molecule has 1 heterocycles. The second kappa shape index (κ2) is 5.67. The standard InChI is InChI=1S/C13H12ClNO3S/c1-8(13(17)18)15-11(6-19-7-12(15)16)9-2-4-10(14)5-3-9/h2-6,8H,7H2,1H3,(H,17,18). The first-order valence-electron chi connectivity index (χ1n) is 5.63. The normalized spacial score (nSPS) is 17.1. The summed E-state index contributed by atoms with van der Waals surface area (Å²) in [4.78, 5) is 24.4. The Hall–Kier alpha value is -1.46. The van der Waals surface area contributed by atoms with Crippen molar-refractivity contribution in [1.29, 1.82) is 0 Å². The summed E-state index contributed by atoms with van der Waals surface area (Å²) in [6.45, 7) is 1.50. The lowest BCUT2D eigenvalue weighted by atomic mass is 10.1. The predicted molar refractivity (Wildman–Crippen MR) is 75.8 cm³/mol. The first kappa shape index (κ1) is 14.0. The minimum absolute atomic E-state index is 0.202. The molecule has 0 aromatic heterocycles. The fourth-order valence-electron chi connectivity index (χ4n) is 1.82. The van der Waals surface area contributed by atoms with Crippen molar-refractivity contribution < 1.29 is 14.7 Å². The molecule has 0 saturated carbocycles. The van der Waals surface area contributed by atoms with Crippen LogP contribution in [-0.2, 0) is 9.59 Å². The number of halogens is 1. The van der Waals surface area contributed by atoms with Crippen LogP contribution in [0.4, 0.5) is 0 Å². The number of aliphatic carboxylic acids is 1. The number of nitrogens with zero attached hydrogens (tertiary/aromatic N) is 1. The van der Waals surface area contributed by atoms with Gasteiger partial charge in [-0.2, -0.15) is 0 Å². The molecule has 1 aliphatic rings. The fraction of sp³-hybridized carbons (Fsp3) is 0.231. The maximum absolute atomic E-state index is 12.0. The molecule has 6 heteroatoms. The molecule has 0 radical (unpaired) electrons. The summed E-state index contributed by atoms with van der Waals surface area (Å²) in [7, 11) is 0. The highest BCUT2D eigenvalue weighted by Gasteiger charge is 2.31. The van der Waals surface area contributed by atoms with Crippen molar-refractivity contribution in [3.05, 3.63) is 40.3 Å². The van der Waals surface area contributed by atoms with E-state index in [2.05, 4.69) is 0 Å². The first-order valence-corrected chi connectivity index (χ1v) is 7.06. The number of carbonyl (C=O) groups is 2. The molecular formula is C13H12ClNO3S. The van der Waals surface area contributed by atoms with E-state index in [0.717, 1.165) is 5.56 Å². The minimum Gasteiger partial charge on any atom is -0.480 e. The van der Waals surface area contributed by atoms with Gasteiger partial charge >= 0.3 is 5.97 Å². The van der Waals surface area contributed by atoms with E-state index in [9.17, 15) is 9.59 Å². The average Bonchev–Trinajstić information content (AvgIpc) is 2.38. The van der Waals surface area contributed by atoms with Crippen LogP contribution in [0.25, 0.3) is 5.70 Å². The molecule has 1 N–H and O–H groups in total. The van der Waals surface area contributed by atoms with Crippen LogP contribution in [0.1, 0.15) is 12.5 Å². The topological polar surface area (TPSA) is 57.6 Å². The summed E-state index contributed by atoms with van der Waals surface area (Å²) >= 11 is 7.19. The zero-order valence-electron chi connectivity index (χ0n) is 10.2. The van der Waals surface area contributed by atoms with Gasteiger partial charge in [0.15, 0.2) is 0 Å². The number of hydrogen-bond acceptors (Lipinski definition) is 3. The van der Waals surface area contributed by atoms with E-state index in [-0.39, 0.29) is 11.7 Å². The van der Waals surface area contributed by atoms with Crippen molar-refractivity contribution in [2.75, 3.05) is 5.75 Å². The van der Waals surface area contributed by atoms with Crippen LogP contribution < -0.4 is 0 Å². The molecule has 19 heavy (non-hydrogen) atoms. The molecule has 1 aromatic rings. The number of carboxylic acids is 1. The van der Waals surface area contributed by atoms with Crippen LogP contribution in [0.3, 0.4) is 0 Å². The summed E-state index contributed by atoms with van der Waals surface area (Å²) in [5.74, 6) is -0.971. The van der Waals surface area contributed by atoms with Crippen molar-refractivity contribution in [2.45, 2.75) is 13.0 Å². The van der Waals surface area contributed by atoms with Crippen molar-refractivity contribution in [1.82, 2.24) is 4.90 Å². The highest BCUT2D eigenvalue weighted by atomic mass is 35.5. The van der Waals surface area contributed by atoms with E-state index in [1.807, 2.05) is 5.41 Å². The SMILES string of the molecule is CC(C(=O)O)N1C(=O)CSC=C1c1ccc(Cl)cc1. The Morgan fingerprint density at radius 1 is 1.42 bits per heavy atom. The van der Waals surface area contributed by atoms with Crippen molar-refractivity contribution in [3.63, 3.8) is 0 Å². The summed E-state index contributed by atoms with van der Waals surface area (Å²) in [6, 6.07) is 6.08. The van der Waals surface area contributed by atoms with Crippen LogP contribution in [0.2, 0.25) is 5.02 Å². The lowest BCUT2D eigenvalue weighted by Crippen LogP contribution is -2.44. The number of carbonyl (C=O) groups excluding carboxylic acids is 1. The second-order valence-corrected chi connectivity index (χ2v) is 5.39. The van der Waals surface area contributed by atoms with Gasteiger partial charge in [0.05, 0.1) is 11.4 Å². The molecule has 1 atom stereocenters. The predicted octanol–water partition coefficient (Wildman–Crippen LogP) is 2.69. The number of hydrogen-bond donors (Lipinski definition) is 1. The molecule has 4 nitrogen and oxygen atoms in total. The number of benzene rings is 1. The summed E-state index contributed by atoms with van der Waals surface area (Å²) in [6.07, 6.45) is 0. The van der Waals surface area contributed by atoms with Crippen molar-refractivity contribution in [2.24, 2.45) is 0 Å². The zero-order valence-corrected chi connectivity index (χ0v) is 11.7. The van der Waals surface area contributed by atoms with Crippen LogP contribution in [0.5, 0.6) is 0 Å². The lowest BCUT2D eigenvalue weighted by Gasteiger charge is -2.31. The molecule has 0 fully saturated rings. The Kier molecular flexibility index (Phi) is 4.17. The lowest BCUT2D eigenvalue weighted by molar-refractivity contribution is -0.145. The van der Waals surface area contributed by atoms with Crippen molar-refractivity contribution in [3.8, 4) is 0 Å². The number of carboxylic acid groups (broad SMARTS) is 1. The van der Waals surface area contributed by atoms with E-state index in [4.69, 9.17) is 16.7 Å². The molecule has 1 aliphatic heterocycles. The molecule has 2 rings (SSSR count). The summed E-state index contributed by atoms with van der Waals surface area (Å²) in [5, 5.41) is 11.5. The Labute approximate surface area is 120 Å². The molecule has 0 spiro atoms. The first-order chi connectivity index (χ1) is 9.00. The van der Waals surface area contributed by atoms with Crippen LogP contribution in [0.15, 0.2) is 29.7 Å². The third-order valence-corrected chi connectivity index (χ3v) is 3.87. The molecule has 100 valence electrons. The minimum atomic E-state index is -1.03. The van der Waals surface area contributed by atoms with Crippen LogP contribution in [-0.4, -0.2) is 33.7 Å². The summed E-state index contributed by atoms with van der Waals surface area (Å²) in [5.41, 5.74) is 1.38. The molecule has 0 saturated heterocycles. The molecule has 1 aromatic carbocycles. The Bertz CT molecular complexity index is 541. The highest BCUT2D eigenvalue weighted by molar-refractivity contribution is 8.03. The van der Waals surface area contributed by atoms with E-state index >= 15 is 0 Å². The van der Waals surface area contributed by atoms with Crippen LogP contribution >= 0.6 is 23.4 Å². The van der Waals surface area contributed by atoms with Gasteiger partial charge in [0.2, 0.25) is 5.91 Å².